The number of rotatable bonds is 2. The third-order valence-corrected chi connectivity index (χ3v) is 3.36. The molecule has 0 aliphatic rings. The molecule has 0 aliphatic heterocycles. The third kappa shape index (κ3) is 2.19. The van der Waals surface area contributed by atoms with Gasteiger partial charge in [0.25, 0.3) is 0 Å². The number of hydrogen-bond donors (Lipinski definition) is 1. The van der Waals surface area contributed by atoms with Crippen molar-refractivity contribution < 1.29 is 9.18 Å². The largest absolute Gasteiger partial charge is 0.347 e. The molecule has 0 bridgehead atoms. The van der Waals surface area contributed by atoms with Gasteiger partial charge < -0.3 is 5.32 Å². The molecule has 1 unspecified atom stereocenters. The standard InChI is InChI=1S/C11H11FN2OS/c1-6(13-7(2)15)11-14-9-4-3-8(12)5-10(9)16-11/h3-6H,1-2H3,(H,13,15). The van der Waals surface area contributed by atoms with E-state index >= 15 is 0 Å². The minimum absolute atomic E-state index is 0.0991. The van der Waals surface area contributed by atoms with Gasteiger partial charge in [0.1, 0.15) is 10.8 Å². The van der Waals surface area contributed by atoms with E-state index in [-0.39, 0.29) is 17.8 Å². The fourth-order valence-corrected chi connectivity index (χ4v) is 2.46. The van der Waals surface area contributed by atoms with Crippen LogP contribution in [-0.2, 0) is 4.79 Å². The van der Waals surface area contributed by atoms with Gasteiger partial charge in [-0.2, -0.15) is 0 Å². The van der Waals surface area contributed by atoms with Crippen molar-refractivity contribution in [1.82, 2.24) is 10.3 Å². The van der Waals surface area contributed by atoms with Crippen LogP contribution in [0, 0.1) is 5.82 Å². The van der Waals surface area contributed by atoms with Crippen molar-refractivity contribution in [2.45, 2.75) is 19.9 Å². The molecule has 3 nitrogen and oxygen atoms in total. The molecule has 1 N–H and O–H groups in total. The van der Waals surface area contributed by atoms with Crippen LogP contribution in [0.25, 0.3) is 10.2 Å². The molecule has 0 spiro atoms. The molecule has 2 aromatic rings. The number of hydrogen-bond acceptors (Lipinski definition) is 3. The van der Waals surface area contributed by atoms with Crippen molar-refractivity contribution in [2.75, 3.05) is 0 Å². The summed E-state index contributed by atoms with van der Waals surface area (Å²) in [6.07, 6.45) is 0. The predicted octanol–water partition coefficient (Wildman–Crippen LogP) is 2.63. The highest BCUT2D eigenvalue weighted by atomic mass is 32.1. The van der Waals surface area contributed by atoms with Gasteiger partial charge in [-0.1, -0.05) is 0 Å². The zero-order valence-electron chi connectivity index (χ0n) is 8.95. The lowest BCUT2D eigenvalue weighted by Gasteiger charge is -2.07. The summed E-state index contributed by atoms with van der Waals surface area (Å²) in [7, 11) is 0. The van der Waals surface area contributed by atoms with Gasteiger partial charge in [0.05, 0.1) is 16.3 Å². The molecule has 0 saturated heterocycles. The Labute approximate surface area is 96.3 Å². The fraction of sp³-hybridized carbons (Fsp3) is 0.273. The minimum Gasteiger partial charge on any atom is -0.347 e. The van der Waals surface area contributed by atoms with E-state index in [0.717, 1.165) is 15.2 Å². The molecule has 16 heavy (non-hydrogen) atoms. The van der Waals surface area contributed by atoms with Crippen molar-refractivity contribution in [3.05, 3.63) is 29.0 Å². The van der Waals surface area contributed by atoms with E-state index < -0.39 is 0 Å². The lowest BCUT2D eigenvalue weighted by molar-refractivity contribution is -0.119. The first-order chi connectivity index (χ1) is 7.56. The summed E-state index contributed by atoms with van der Waals surface area (Å²) in [5.41, 5.74) is 0.763. The average Bonchev–Trinajstić information content (AvgIpc) is 2.59. The van der Waals surface area contributed by atoms with Crippen LogP contribution in [0.2, 0.25) is 0 Å². The summed E-state index contributed by atoms with van der Waals surface area (Å²) < 4.78 is 13.8. The van der Waals surface area contributed by atoms with Gasteiger partial charge in [-0.05, 0) is 25.1 Å². The molecule has 1 amide bonds. The van der Waals surface area contributed by atoms with Crippen molar-refractivity contribution in [1.29, 1.82) is 0 Å². The van der Waals surface area contributed by atoms with Crippen molar-refractivity contribution in [2.24, 2.45) is 0 Å². The van der Waals surface area contributed by atoms with Crippen LogP contribution in [0.3, 0.4) is 0 Å². The van der Waals surface area contributed by atoms with Crippen LogP contribution in [0.5, 0.6) is 0 Å². The van der Waals surface area contributed by atoms with Crippen LogP contribution in [0.15, 0.2) is 18.2 Å². The van der Waals surface area contributed by atoms with Gasteiger partial charge in [0, 0.05) is 6.92 Å². The number of aromatic nitrogens is 1. The first-order valence-electron chi connectivity index (χ1n) is 4.89. The summed E-state index contributed by atoms with van der Waals surface area (Å²) in [5, 5.41) is 3.54. The molecular formula is C11H11FN2OS. The highest BCUT2D eigenvalue weighted by Gasteiger charge is 2.12. The second-order valence-electron chi connectivity index (χ2n) is 3.59. The maximum absolute atomic E-state index is 13.0. The van der Waals surface area contributed by atoms with E-state index in [1.807, 2.05) is 6.92 Å². The van der Waals surface area contributed by atoms with Crippen LogP contribution in [0.4, 0.5) is 4.39 Å². The minimum atomic E-state index is -0.269. The number of carbonyl (C=O) groups is 1. The normalized spacial score (nSPS) is 12.7. The lowest BCUT2D eigenvalue weighted by Crippen LogP contribution is -2.23. The zero-order valence-corrected chi connectivity index (χ0v) is 9.77. The van der Waals surface area contributed by atoms with E-state index in [1.165, 1.54) is 30.4 Å². The predicted molar refractivity (Wildman–Crippen MR) is 61.8 cm³/mol. The quantitative estimate of drug-likeness (QED) is 0.873. The van der Waals surface area contributed by atoms with E-state index in [1.54, 1.807) is 6.07 Å². The van der Waals surface area contributed by atoms with E-state index in [0.29, 0.717) is 0 Å². The van der Waals surface area contributed by atoms with Crippen LogP contribution in [0.1, 0.15) is 24.9 Å². The Morgan fingerprint density at radius 1 is 1.56 bits per heavy atom. The molecule has 0 saturated carbocycles. The molecule has 1 aromatic carbocycles. The summed E-state index contributed by atoms with van der Waals surface area (Å²) >= 11 is 1.40. The van der Waals surface area contributed by atoms with Crippen molar-refractivity contribution in [3.63, 3.8) is 0 Å². The number of nitrogens with zero attached hydrogens (tertiary/aromatic N) is 1. The zero-order chi connectivity index (χ0) is 11.7. The Kier molecular flexibility index (Phi) is 2.87. The highest BCUT2D eigenvalue weighted by Crippen LogP contribution is 2.26. The summed E-state index contributed by atoms with van der Waals surface area (Å²) in [6, 6.07) is 4.34. The number of fused-ring (bicyclic) bond motifs is 1. The smallest absolute Gasteiger partial charge is 0.217 e. The fourth-order valence-electron chi connectivity index (χ4n) is 1.47. The third-order valence-electron chi connectivity index (χ3n) is 2.16. The number of thiazole rings is 1. The maximum atomic E-state index is 13.0. The van der Waals surface area contributed by atoms with Gasteiger partial charge in [-0.25, -0.2) is 9.37 Å². The topological polar surface area (TPSA) is 42.0 Å². The summed E-state index contributed by atoms with van der Waals surface area (Å²) in [6.45, 7) is 3.32. The summed E-state index contributed by atoms with van der Waals surface area (Å²) in [5.74, 6) is -0.368. The monoisotopic (exact) mass is 238 g/mol. The van der Waals surface area contributed by atoms with Crippen LogP contribution >= 0.6 is 11.3 Å². The Morgan fingerprint density at radius 3 is 3.00 bits per heavy atom. The molecule has 0 fully saturated rings. The Bertz CT molecular complexity index is 538. The van der Waals surface area contributed by atoms with E-state index in [2.05, 4.69) is 10.3 Å². The Hall–Kier alpha value is -1.49. The van der Waals surface area contributed by atoms with Crippen LogP contribution < -0.4 is 5.32 Å². The van der Waals surface area contributed by atoms with Crippen LogP contribution in [-0.4, -0.2) is 10.9 Å². The molecule has 1 heterocycles. The molecular weight excluding hydrogens is 227 g/mol. The Morgan fingerprint density at radius 2 is 2.31 bits per heavy atom. The number of amides is 1. The van der Waals surface area contributed by atoms with E-state index in [9.17, 15) is 9.18 Å². The van der Waals surface area contributed by atoms with E-state index in [4.69, 9.17) is 0 Å². The second-order valence-corrected chi connectivity index (χ2v) is 4.65. The van der Waals surface area contributed by atoms with Crippen molar-refractivity contribution in [3.8, 4) is 0 Å². The average molecular weight is 238 g/mol. The molecule has 1 aromatic heterocycles. The SMILES string of the molecule is CC(=O)NC(C)c1nc2ccc(F)cc2s1. The number of nitrogens with one attached hydrogen (secondary N) is 1. The molecule has 0 aliphatic carbocycles. The number of carbonyl (C=O) groups excluding carboxylic acids is 1. The van der Waals surface area contributed by atoms with Gasteiger partial charge in [-0.15, -0.1) is 11.3 Å². The van der Waals surface area contributed by atoms with Crippen molar-refractivity contribution >= 4 is 27.5 Å². The molecule has 0 radical (unpaired) electrons. The van der Waals surface area contributed by atoms with Gasteiger partial charge >= 0.3 is 0 Å². The molecule has 84 valence electrons. The number of halogens is 1. The van der Waals surface area contributed by atoms with Gasteiger partial charge in [-0.3, -0.25) is 4.79 Å². The first-order valence-corrected chi connectivity index (χ1v) is 5.71. The molecule has 5 heteroatoms. The first kappa shape index (κ1) is 11.0. The molecule has 2 rings (SSSR count). The molecule has 1 atom stereocenters. The summed E-state index contributed by atoms with van der Waals surface area (Å²) in [4.78, 5) is 15.2. The van der Waals surface area contributed by atoms with Gasteiger partial charge in [0.15, 0.2) is 0 Å². The Balaban J connectivity index is 2.35. The van der Waals surface area contributed by atoms with Gasteiger partial charge in [0.2, 0.25) is 5.91 Å². The number of benzene rings is 1. The maximum Gasteiger partial charge on any atom is 0.217 e. The second kappa shape index (κ2) is 4.17. The lowest BCUT2D eigenvalue weighted by atomic mass is 10.3. The highest BCUT2D eigenvalue weighted by molar-refractivity contribution is 7.18.